The molecule has 1 saturated heterocycles. The lowest BCUT2D eigenvalue weighted by molar-refractivity contribution is -0.133. The summed E-state index contributed by atoms with van der Waals surface area (Å²) in [5.74, 6) is 1.04. The summed E-state index contributed by atoms with van der Waals surface area (Å²) in [6.07, 6.45) is 4.03. The first-order valence-corrected chi connectivity index (χ1v) is 9.50. The van der Waals surface area contributed by atoms with E-state index in [2.05, 4.69) is 29.6 Å². The zero-order chi connectivity index (χ0) is 17.9. The Labute approximate surface area is 155 Å². The Morgan fingerprint density at radius 2 is 2.04 bits per heavy atom. The van der Waals surface area contributed by atoms with Crippen molar-refractivity contribution in [3.63, 3.8) is 0 Å². The molecule has 4 nitrogen and oxygen atoms in total. The number of methoxy groups -OCH3 is 1. The van der Waals surface area contributed by atoms with Crippen molar-refractivity contribution in [3.8, 4) is 5.75 Å². The second-order valence-electron chi connectivity index (χ2n) is 7.18. The van der Waals surface area contributed by atoms with E-state index >= 15 is 0 Å². The van der Waals surface area contributed by atoms with Crippen molar-refractivity contribution in [2.24, 2.45) is 0 Å². The van der Waals surface area contributed by atoms with Crippen LogP contribution in [0.3, 0.4) is 0 Å². The number of fused-ring (bicyclic) bond motifs is 1. The highest BCUT2D eigenvalue weighted by molar-refractivity contribution is 5.79. The number of hydrogen-bond acceptors (Lipinski definition) is 3. The van der Waals surface area contributed by atoms with Crippen LogP contribution in [0.15, 0.2) is 42.5 Å². The normalized spacial score (nSPS) is 19.3. The van der Waals surface area contributed by atoms with Crippen LogP contribution in [0, 0.1) is 0 Å². The number of amides is 1. The summed E-state index contributed by atoms with van der Waals surface area (Å²) in [7, 11) is 1.69. The van der Waals surface area contributed by atoms with Crippen LogP contribution in [0.5, 0.6) is 5.75 Å². The SMILES string of the molecule is COc1ccccc1C1CNCCN1C(=O)Cc1ccc2c(c1)CCC2. The minimum Gasteiger partial charge on any atom is -0.496 e. The average Bonchev–Trinajstić information content (AvgIpc) is 3.15. The van der Waals surface area contributed by atoms with E-state index in [-0.39, 0.29) is 11.9 Å². The van der Waals surface area contributed by atoms with Crippen molar-refractivity contribution >= 4 is 5.91 Å². The van der Waals surface area contributed by atoms with Gasteiger partial charge >= 0.3 is 0 Å². The molecule has 1 heterocycles. The summed E-state index contributed by atoms with van der Waals surface area (Å²) in [5, 5.41) is 3.42. The van der Waals surface area contributed by atoms with Crippen LogP contribution in [0.25, 0.3) is 0 Å². The van der Waals surface area contributed by atoms with E-state index in [9.17, 15) is 4.79 Å². The van der Waals surface area contributed by atoms with Crippen molar-refractivity contribution < 1.29 is 9.53 Å². The highest BCUT2D eigenvalue weighted by Gasteiger charge is 2.29. The zero-order valence-corrected chi connectivity index (χ0v) is 15.3. The van der Waals surface area contributed by atoms with Crippen LogP contribution in [-0.2, 0) is 24.1 Å². The predicted molar refractivity (Wildman–Crippen MR) is 102 cm³/mol. The van der Waals surface area contributed by atoms with Crippen molar-refractivity contribution in [3.05, 3.63) is 64.7 Å². The molecule has 0 aromatic heterocycles. The standard InChI is InChI=1S/C22H26N2O2/c1-26-21-8-3-2-7-19(21)20-15-23-11-12-24(20)22(25)14-16-9-10-17-5-4-6-18(17)13-16/h2-3,7-10,13,20,23H,4-6,11-12,14-15H2,1H3. The lowest BCUT2D eigenvalue weighted by atomic mass is 10.00. The van der Waals surface area contributed by atoms with Gasteiger partial charge in [-0.3, -0.25) is 4.79 Å². The van der Waals surface area contributed by atoms with Gasteiger partial charge in [-0.2, -0.15) is 0 Å². The van der Waals surface area contributed by atoms with E-state index in [1.165, 1.54) is 24.0 Å². The molecule has 1 fully saturated rings. The number of rotatable bonds is 4. The Morgan fingerprint density at radius 3 is 2.92 bits per heavy atom. The Balaban J connectivity index is 1.55. The summed E-state index contributed by atoms with van der Waals surface area (Å²) in [6.45, 7) is 2.32. The second kappa shape index (κ2) is 7.50. The number of nitrogens with one attached hydrogen (secondary N) is 1. The molecular formula is C22H26N2O2. The third-order valence-electron chi connectivity index (χ3n) is 5.58. The van der Waals surface area contributed by atoms with Crippen molar-refractivity contribution in [1.82, 2.24) is 10.2 Å². The zero-order valence-electron chi connectivity index (χ0n) is 15.3. The molecule has 2 aliphatic rings. The van der Waals surface area contributed by atoms with Crippen molar-refractivity contribution in [1.29, 1.82) is 0 Å². The summed E-state index contributed by atoms with van der Waals surface area (Å²) < 4.78 is 5.53. The topological polar surface area (TPSA) is 41.6 Å². The quantitative estimate of drug-likeness (QED) is 0.922. The number of aryl methyl sites for hydroxylation is 2. The molecular weight excluding hydrogens is 324 g/mol. The fraction of sp³-hybridized carbons (Fsp3) is 0.409. The Hall–Kier alpha value is -2.33. The van der Waals surface area contributed by atoms with E-state index in [1.807, 2.05) is 23.1 Å². The highest BCUT2D eigenvalue weighted by atomic mass is 16.5. The monoisotopic (exact) mass is 350 g/mol. The molecule has 4 heteroatoms. The molecule has 0 saturated carbocycles. The van der Waals surface area contributed by atoms with E-state index in [1.54, 1.807) is 7.11 Å². The van der Waals surface area contributed by atoms with Crippen LogP contribution < -0.4 is 10.1 Å². The molecule has 1 aliphatic heterocycles. The van der Waals surface area contributed by atoms with Crippen LogP contribution in [-0.4, -0.2) is 37.6 Å². The van der Waals surface area contributed by atoms with Gasteiger partial charge in [0.2, 0.25) is 5.91 Å². The van der Waals surface area contributed by atoms with Gasteiger partial charge in [-0.15, -0.1) is 0 Å². The Morgan fingerprint density at radius 1 is 1.19 bits per heavy atom. The van der Waals surface area contributed by atoms with Crippen LogP contribution in [0.1, 0.15) is 34.7 Å². The first-order chi connectivity index (χ1) is 12.8. The predicted octanol–water partition coefficient (Wildman–Crippen LogP) is 2.90. The smallest absolute Gasteiger partial charge is 0.227 e. The minimum atomic E-state index is 0.0156. The largest absolute Gasteiger partial charge is 0.496 e. The van der Waals surface area contributed by atoms with E-state index in [0.29, 0.717) is 6.42 Å². The molecule has 0 bridgehead atoms. The molecule has 1 aliphatic carbocycles. The van der Waals surface area contributed by atoms with Gasteiger partial charge < -0.3 is 15.0 Å². The first-order valence-electron chi connectivity index (χ1n) is 9.50. The fourth-order valence-corrected chi connectivity index (χ4v) is 4.23. The fourth-order valence-electron chi connectivity index (χ4n) is 4.23. The van der Waals surface area contributed by atoms with E-state index in [0.717, 1.165) is 42.9 Å². The molecule has 26 heavy (non-hydrogen) atoms. The van der Waals surface area contributed by atoms with Gasteiger partial charge in [0.25, 0.3) is 0 Å². The molecule has 0 radical (unpaired) electrons. The van der Waals surface area contributed by atoms with E-state index < -0.39 is 0 Å². The summed E-state index contributed by atoms with van der Waals surface area (Å²) in [4.78, 5) is 15.1. The van der Waals surface area contributed by atoms with Crippen LogP contribution >= 0.6 is 0 Å². The lowest BCUT2D eigenvalue weighted by Gasteiger charge is -2.37. The van der Waals surface area contributed by atoms with Crippen LogP contribution in [0.2, 0.25) is 0 Å². The maximum Gasteiger partial charge on any atom is 0.227 e. The van der Waals surface area contributed by atoms with Gasteiger partial charge in [-0.25, -0.2) is 0 Å². The molecule has 136 valence electrons. The molecule has 2 aromatic rings. The molecule has 2 aromatic carbocycles. The Kier molecular flexibility index (Phi) is 4.93. The highest BCUT2D eigenvalue weighted by Crippen LogP contribution is 2.31. The van der Waals surface area contributed by atoms with Gasteiger partial charge in [-0.05, 0) is 42.0 Å². The number of nitrogens with zero attached hydrogens (tertiary/aromatic N) is 1. The van der Waals surface area contributed by atoms with Gasteiger partial charge in [0.05, 0.1) is 19.6 Å². The molecule has 0 spiro atoms. The third-order valence-corrected chi connectivity index (χ3v) is 5.58. The number of hydrogen-bond donors (Lipinski definition) is 1. The van der Waals surface area contributed by atoms with Gasteiger partial charge in [0.1, 0.15) is 5.75 Å². The molecule has 1 atom stereocenters. The summed E-state index contributed by atoms with van der Waals surface area (Å²) in [5.41, 5.74) is 5.09. The maximum atomic E-state index is 13.1. The molecule has 1 N–H and O–H groups in total. The molecule has 4 rings (SSSR count). The van der Waals surface area contributed by atoms with Crippen molar-refractivity contribution in [2.45, 2.75) is 31.7 Å². The molecule has 1 unspecified atom stereocenters. The average molecular weight is 350 g/mol. The third kappa shape index (κ3) is 3.34. The van der Waals surface area contributed by atoms with E-state index in [4.69, 9.17) is 4.74 Å². The van der Waals surface area contributed by atoms with Gasteiger partial charge in [-0.1, -0.05) is 36.4 Å². The van der Waals surface area contributed by atoms with Gasteiger partial charge in [0.15, 0.2) is 0 Å². The Bertz CT molecular complexity index is 802. The lowest BCUT2D eigenvalue weighted by Crippen LogP contribution is -2.49. The number of ether oxygens (including phenoxy) is 1. The number of para-hydroxylation sites is 1. The first kappa shape index (κ1) is 17.1. The maximum absolute atomic E-state index is 13.1. The minimum absolute atomic E-state index is 0.0156. The number of carbonyl (C=O) groups excluding carboxylic acids is 1. The number of carbonyl (C=O) groups is 1. The van der Waals surface area contributed by atoms with Crippen LogP contribution in [0.4, 0.5) is 0 Å². The summed E-state index contributed by atoms with van der Waals surface area (Å²) in [6, 6.07) is 14.6. The van der Waals surface area contributed by atoms with Gasteiger partial charge in [0, 0.05) is 25.2 Å². The number of benzene rings is 2. The number of piperazine rings is 1. The second-order valence-corrected chi connectivity index (χ2v) is 7.18. The summed E-state index contributed by atoms with van der Waals surface area (Å²) >= 11 is 0. The molecule has 1 amide bonds. The van der Waals surface area contributed by atoms with Crippen molar-refractivity contribution in [2.75, 3.05) is 26.7 Å².